The Kier molecular flexibility index (Phi) is 1.75. The Labute approximate surface area is 56.3 Å². The van der Waals surface area contributed by atoms with E-state index in [0.29, 0.717) is 5.82 Å². The minimum Gasteiger partial charge on any atom is -0.383 e. The molecule has 0 bridgehead atoms. The van der Waals surface area contributed by atoms with Crippen LogP contribution in [-0.4, -0.2) is 10.6 Å². The van der Waals surface area contributed by atoms with Crippen molar-refractivity contribution in [2.45, 2.75) is 4.21 Å². The highest BCUT2D eigenvalue weighted by Gasteiger charge is 1.92. The molecule has 0 atom stereocenters. The third-order valence-electron chi connectivity index (χ3n) is 0.708. The first-order valence-electron chi connectivity index (χ1n) is 2.09. The van der Waals surface area contributed by atoms with Crippen molar-refractivity contribution >= 4 is 29.1 Å². The number of hydrogen-bond acceptors (Lipinski definition) is 4. The van der Waals surface area contributed by atoms with E-state index in [0.717, 1.165) is 0 Å². The van der Waals surface area contributed by atoms with Crippen LogP contribution in [0.5, 0.6) is 0 Å². The summed E-state index contributed by atoms with van der Waals surface area (Å²) in [7, 11) is 0. The van der Waals surface area contributed by atoms with Gasteiger partial charge in [-0.25, -0.2) is 0 Å². The molecule has 44 valence electrons. The van der Waals surface area contributed by atoms with Crippen LogP contribution in [0.1, 0.15) is 0 Å². The average molecular weight is 146 g/mol. The Hall–Kier alpha value is -0.220. The molecule has 0 radical (unpaired) electrons. The molecule has 1 aromatic heterocycles. The van der Waals surface area contributed by atoms with Gasteiger partial charge in [0.2, 0.25) is 0 Å². The molecule has 0 saturated heterocycles. The number of rotatable bonds is 1. The number of nitrogens with two attached hydrogens (primary N) is 1. The van der Waals surface area contributed by atoms with Gasteiger partial charge in [0.05, 0.1) is 4.21 Å². The Morgan fingerprint density at radius 2 is 2.62 bits per heavy atom. The molecule has 8 heavy (non-hydrogen) atoms. The van der Waals surface area contributed by atoms with Crippen LogP contribution in [0.2, 0.25) is 0 Å². The van der Waals surface area contributed by atoms with Crippen LogP contribution in [0.15, 0.2) is 10.3 Å². The van der Waals surface area contributed by atoms with Gasteiger partial charge >= 0.3 is 0 Å². The lowest BCUT2D eigenvalue weighted by atomic mass is 10.7. The average Bonchev–Trinajstić information content (AvgIpc) is 2.14. The molecule has 1 heterocycles. The first kappa shape index (κ1) is 5.91. The van der Waals surface area contributed by atoms with E-state index in [9.17, 15) is 0 Å². The van der Waals surface area contributed by atoms with Gasteiger partial charge in [-0.2, -0.15) is 4.37 Å². The topological polar surface area (TPSA) is 38.9 Å². The SMILES string of the molecule is CSc1cc(N)ns1. The normalized spacial score (nSPS) is 9.62. The second-order valence-electron chi connectivity index (χ2n) is 1.27. The van der Waals surface area contributed by atoms with Crippen LogP contribution in [0.25, 0.3) is 0 Å². The fourth-order valence-corrected chi connectivity index (χ4v) is 1.44. The zero-order chi connectivity index (χ0) is 5.98. The molecule has 0 aliphatic heterocycles. The zero-order valence-electron chi connectivity index (χ0n) is 4.42. The minimum atomic E-state index is 0.624. The van der Waals surface area contributed by atoms with Gasteiger partial charge in [0.1, 0.15) is 5.82 Å². The van der Waals surface area contributed by atoms with E-state index >= 15 is 0 Å². The Bertz CT molecular complexity index is 172. The molecule has 0 saturated carbocycles. The second kappa shape index (κ2) is 2.37. The summed E-state index contributed by atoms with van der Waals surface area (Å²) in [5.41, 5.74) is 5.34. The summed E-state index contributed by atoms with van der Waals surface area (Å²) in [4.78, 5) is 0. The third kappa shape index (κ3) is 1.14. The zero-order valence-corrected chi connectivity index (χ0v) is 6.05. The largest absolute Gasteiger partial charge is 0.383 e. The molecular weight excluding hydrogens is 140 g/mol. The Morgan fingerprint density at radius 1 is 1.88 bits per heavy atom. The predicted molar refractivity (Wildman–Crippen MR) is 38.3 cm³/mol. The molecule has 0 aromatic carbocycles. The summed E-state index contributed by atoms with van der Waals surface area (Å²) in [5.74, 6) is 0.624. The highest BCUT2D eigenvalue weighted by Crippen LogP contribution is 2.21. The Balaban J connectivity index is 2.84. The molecule has 2 N–H and O–H groups in total. The number of nitrogens with zero attached hydrogens (tertiary/aromatic N) is 1. The van der Waals surface area contributed by atoms with E-state index < -0.39 is 0 Å². The first-order chi connectivity index (χ1) is 3.83. The summed E-state index contributed by atoms with van der Waals surface area (Å²) < 4.78 is 5.06. The maximum atomic E-state index is 5.34. The minimum absolute atomic E-state index is 0.624. The van der Waals surface area contributed by atoms with Gasteiger partial charge in [-0.3, -0.25) is 0 Å². The molecule has 0 spiro atoms. The molecule has 0 amide bonds. The van der Waals surface area contributed by atoms with Gasteiger partial charge in [0.15, 0.2) is 0 Å². The van der Waals surface area contributed by atoms with E-state index in [1.807, 2.05) is 12.3 Å². The fraction of sp³-hybridized carbons (Fsp3) is 0.250. The Morgan fingerprint density at radius 3 is 2.88 bits per heavy atom. The van der Waals surface area contributed by atoms with Gasteiger partial charge < -0.3 is 5.73 Å². The number of hydrogen-bond donors (Lipinski definition) is 1. The summed E-state index contributed by atoms with van der Waals surface area (Å²) in [6, 6.07) is 1.87. The highest BCUT2D eigenvalue weighted by molar-refractivity contribution is 8.00. The summed E-state index contributed by atoms with van der Waals surface area (Å²) >= 11 is 3.10. The fourth-order valence-electron chi connectivity index (χ4n) is 0.367. The molecule has 2 nitrogen and oxygen atoms in total. The van der Waals surface area contributed by atoms with Crippen LogP contribution < -0.4 is 5.73 Å². The smallest absolute Gasteiger partial charge is 0.138 e. The lowest BCUT2D eigenvalue weighted by Gasteiger charge is -1.77. The van der Waals surface area contributed by atoms with E-state index in [1.54, 1.807) is 11.8 Å². The monoisotopic (exact) mass is 146 g/mol. The van der Waals surface area contributed by atoms with Crippen LogP contribution in [0.3, 0.4) is 0 Å². The number of nitrogen functional groups attached to an aromatic ring is 1. The van der Waals surface area contributed by atoms with E-state index in [4.69, 9.17) is 5.73 Å². The molecule has 1 aromatic rings. The maximum Gasteiger partial charge on any atom is 0.138 e. The van der Waals surface area contributed by atoms with Gasteiger partial charge in [-0.15, -0.1) is 11.8 Å². The first-order valence-corrected chi connectivity index (χ1v) is 4.09. The molecule has 0 aliphatic carbocycles. The maximum absolute atomic E-state index is 5.34. The van der Waals surface area contributed by atoms with Crippen LogP contribution >= 0.6 is 23.3 Å². The van der Waals surface area contributed by atoms with Gasteiger partial charge in [-0.1, -0.05) is 0 Å². The van der Waals surface area contributed by atoms with E-state index in [2.05, 4.69) is 4.37 Å². The van der Waals surface area contributed by atoms with Gasteiger partial charge in [0, 0.05) is 6.07 Å². The van der Waals surface area contributed by atoms with Crippen molar-refractivity contribution in [3.63, 3.8) is 0 Å². The second-order valence-corrected chi connectivity index (χ2v) is 3.19. The van der Waals surface area contributed by atoms with Crippen molar-refractivity contribution < 1.29 is 0 Å². The molecular formula is C4H6N2S2. The number of aromatic nitrogens is 1. The highest BCUT2D eigenvalue weighted by atomic mass is 32.2. The van der Waals surface area contributed by atoms with Crippen molar-refractivity contribution in [1.82, 2.24) is 4.37 Å². The van der Waals surface area contributed by atoms with Crippen LogP contribution in [-0.2, 0) is 0 Å². The third-order valence-corrected chi connectivity index (χ3v) is 2.55. The van der Waals surface area contributed by atoms with Crippen molar-refractivity contribution in [2.24, 2.45) is 0 Å². The lowest BCUT2D eigenvalue weighted by molar-refractivity contribution is 1.55. The lowest BCUT2D eigenvalue weighted by Crippen LogP contribution is -1.79. The summed E-state index contributed by atoms with van der Waals surface area (Å²) in [5, 5.41) is 0. The molecule has 0 fully saturated rings. The van der Waals surface area contributed by atoms with Crippen molar-refractivity contribution in [2.75, 3.05) is 12.0 Å². The van der Waals surface area contributed by atoms with Gasteiger partial charge in [0.25, 0.3) is 0 Å². The molecule has 0 unspecified atom stereocenters. The van der Waals surface area contributed by atoms with Crippen LogP contribution in [0, 0.1) is 0 Å². The quantitative estimate of drug-likeness (QED) is 0.609. The summed E-state index contributed by atoms with van der Waals surface area (Å²) in [6.07, 6.45) is 2.01. The molecule has 4 heteroatoms. The molecule has 0 aliphatic rings. The van der Waals surface area contributed by atoms with Crippen molar-refractivity contribution in [3.05, 3.63) is 6.07 Å². The predicted octanol–water partition coefficient (Wildman–Crippen LogP) is 1.45. The number of anilines is 1. The van der Waals surface area contributed by atoms with Crippen molar-refractivity contribution in [3.8, 4) is 0 Å². The van der Waals surface area contributed by atoms with E-state index in [-0.39, 0.29) is 0 Å². The molecule has 1 rings (SSSR count). The van der Waals surface area contributed by atoms with Crippen molar-refractivity contribution in [1.29, 1.82) is 0 Å². The number of thioether (sulfide) groups is 1. The van der Waals surface area contributed by atoms with E-state index in [1.165, 1.54) is 15.7 Å². The van der Waals surface area contributed by atoms with Gasteiger partial charge in [-0.05, 0) is 17.8 Å². The van der Waals surface area contributed by atoms with Crippen LogP contribution in [0.4, 0.5) is 5.82 Å². The standard InChI is InChI=1S/C4H6N2S2/c1-7-4-2-3(5)6-8-4/h2H,1H3,(H2,5,6). The summed E-state index contributed by atoms with van der Waals surface area (Å²) in [6.45, 7) is 0.